The summed E-state index contributed by atoms with van der Waals surface area (Å²) >= 11 is 1.60. The molecule has 7 nitrogen and oxygen atoms in total. The first-order valence-corrected chi connectivity index (χ1v) is 7.28. The number of nitrogens with zero attached hydrogens (tertiary/aromatic N) is 3. The topological polar surface area (TPSA) is 92.8 Å². The summed E-state index contributed by atoms with van der Waals surface area (Å²) in [7, 11) is 1.53. The van der Waals surface area contributed by atoms with Crippen molar-refractivity contribution in [1.82, 2.24) is 20.2 Å². The Hall–Kier alpha value is -2.74. The van der Waals surface area contributed by atoms with E-state index < -0.39 is 5.91 Å². The minimum atomic E-state index is -0.396. The Labute approximate surface area is 130 Å². The number of hydrogen-bond acceptors (Lipinski definition) is 6. The van der Waals surface area contributed by atoms with Crippen LogP contribution in [-0.4, -0.2) is 33.2 Å². The van der Waals surface area contributed by atoms with Crippen molar-refractivity contribution in [3.63, 3.8) is 0 Å². The van der Waals surface area contributed by atoms with Gasteiger partial charge >= 0.3 is 0 Å². The standard InChI is InChI=1S/C14H13N5O2S/c1-8-3-4-11(22-8)12-16-14(19-18-12)17-13(20)10-7-9(21-2)5-6-15-10/h3-7H,1-2H3,(H2,16,17,18,19,20). The molecule has 112 valence electrons. The number of nitrogens with one attached hydrogen (secondary N) is 2. The zero-order valence-corrected chi connectivity index (χ0v) is 12.8. The van der Waals surface area contributed by atoms with Gasteiger partial charge in [0, 0.05) is 17.1 Å². The van der Waals surface area contributed by atoms with Crippen LogP contribution in [0, 0.1) is 6.92 Å². The molecule has 1 amide bonds. The van der Waals surface area contributed by atoms with Crippen molar-refractivity contribution in [2.45, 2.75) is 6.92 Å². The zero-order valence-electron chi connectivity index (χ0n) is 12.0. The summed E-state index contributed by atoms with van der Waals surface area (Å²) in [6, 6.07) is 7.17. The number of thiophene rings is 1. The number of aryl methyl sites for hydroxylation is 1. The molecule has 0 radical (unpaired) electrons. The van der Waals surface area contributed by atoms with Crippen LogP contribution in [0.4, 0.5) is 5.95 Å². The lowest BCUT2D eigenvalue weighted by molar-refractivity contribution is 0.102. The van der Waals surface area contributed by atoms with E-state index in [4.69, 9.17) is 4.74 Å². The van der Waals surface area contributed by atoms with Crippen LogP contribution in [0.1, 0.15) is 15.4 Å². The highest BCUT2D eigenvalue weighted by Crippen LogP contribution is 2.25. The number of amides is 1. The average molecular weight is 315 g/mol. The Morgan fingerprint density at radius 2 is 2.23 bits per heavy atom. The first-order chi connectivity index (χ1) is 10.7. The summed E-state index contributed by atoms with van der Waals surface area (Å²) < 4.78 is 5.06. The highest BCUT2D eigenvalue weighted by atomic mass is 32.1. The number of carbonyl (C=O) groups excluding carboxylic acids is 1. The van der Waals surface area contributed by atoms with Crippen LogP contribution in [0.25, 0.3) is 10.7 Å². The molecule has 0 bridgehead atoms. The van der Waals surface area contributed by atoms with E-state index in [0.29, 0.717) is 11.6 Å². The van der Waals surface area contributed by atoms with E-state index in [9.17, 15) is 4.79 Å². The molecule has 0 aliphatic rings. The normalized spacial score (nSPS) is 10.5. The predicted molar refractivity (Wildman–Crippen MR) is 83.2 cm³/mol. The fourth-order valence-electron chi connectivity index (χ4n) is 1.82. The Bertz CT molecular complexity index is 811. The SMILES string of the molecule is COc1ccnc(C(=O)Nc2n[nH]c(-c3ccc(C)s3)n2)c1. The maximum atomic E-state index is 12.1. The molecular weight excluding hydrogens is 302 g/mol. The van der Waals surface area contributed by atoms with Crippen molar-refractivity contribution in [3.05, 3.63) is 41.0 Å². The Morgan fingerprint density at radius 3 is 2.95 bits per heavy atom. The molecule has 2 N–H and O–H groups in total. The number of H-pyrrole nitrogens is 1. The highest BCUT2D eigenvalue weighted by Gasteiger charge is 2.13. The highest BCUT2D eigenvalue weighted by molar-refractivity contribution is 7.15. The van der Waals surface area contributed by atoms with Crippen molar-refractivity contribution >= 4 is 23.2 Å². The quantitative estimate of drug-likeness (QED) is 0.771. The number of hydrogen-bond donors (Lipinski definition) is 2. The second-order valence-corrected chi connectivity index (χ2v) is 5.74. The number of anilines is 1. The zero-order chi connectivity index (χ0) is 15.5. The molecule has 0 aromatic carbocycles. The first kappa shape index (κ1) is 14.2. The predicted octanol–water partition coefficient (Wildman–Crippen LogP) is 2.50. The number of pyridine rings is 1. The molecule has 3 aromatic heterocycles. The van der Waals surface area contributed by atoms with Gasteiger partial charge < -0.3 is 4.74 Å². The number of aromatic amines is 1. The number of rotatable bonds is 4. The van der Waals surface area contributed by atoms with E-state index in [1.165, 1.54) is 18.2 Å². The maximum Gasteiger partial charge on any atom is 0.276 e. The summed E-state index contributed by atoms with van der Waals surface area (Å²) in [5.41, 5.74) is 0.234. The Kier molecular flexibility index (Phi) is 3.84. The van der Waals surface area contributed by atoms with Gasteiger partial charge in [0.1, 0.15) is 11.4 Å². The van der Waals surface area contributed by atoms with Crippen molar-refractivity contribution < 1.29 is 9.53 Å². The lowest BCUT2D eigenvalue weighted by Gasteiger charge is -2.02. The van der Waals surface area contributed by atoms with Gasteiger partial charge in [0.2, 0.25) is 5.95 Å². The van der Waals surface area contributed by atoms with Gasteiger partial charge in [-0.2, -0.15) is 4.98 Å². The third kappa shape index (κ3) is 2.96. The van der Waals surface area contributed by atoms with Crippen LogP contribution < -0.4 is 10.1 Å². The van der Waals surface area contributed by atoms with Crippen LogP contribution in [0.5, 0.6) is 5.75 Å². The molecule has 0 saturated carbocycles. The van der Waals surface area contributed by atoms with E-state index in [0.717, 1.165) is 4.88 Å². The van der Waals surface area contributed by atoms with Gasteiger partial charge in [0.05, 0.1) is 12.0 Å². The minimum absolute atomic E-state index is 0.204. The van der Waals surface area contributed by atoms with Crippen LogP contribution in [0.3, 0.4) is 0 Å². The summed E-state index contributed by atoms with van der Waals surface area (Å²) in [5.74, 6) is 0.986. The molecule has 3 rings (SSSR count). The van der Waals surface area contributed by atoms with Crippen molar-refractivity contribution in [2.75, 3.05) is 12.4 Å². The lowest BCUT2D eigenvalue weighted by atomic mass is 10.3. The van der Waals surface area contributed by atoms with Crippen LogP contribution in [-0.2, 0) is 0 Å². The third-order valence-corrected chi connectivity index (χ3v) is 3.89. The monoisotopic (exact) mass is 315 g/mol. The fourth-order valence-corrected chi connectivity index (χ4v) is 2.62. The molecule has 0 saturated heterocycles. The molecule has 3 aromatic rings. The summed E-state index contributed by atoms with van der Waals surface area (Å²) in [4.78, 5) is 22.5. The van der Waals surface area contributed by atoms with E-state index in [-0.39, 0.29) is 11.6 Å². The summed E-state index contributed by atoms with van der Waals surface area (Å²) in [6.07, 6.45) is 1.51. The second-order valence-electron chi connectivity index (χ2n) is 4.45. The van der Waals surface area contributed by atoms with Gasteiger partial charge in [0.25, 0.3) is 5.91 Å². The molecule has 22 heavy (non-hydrogen) atoms. The minimum Gasteiger partial charge on any atom is -0.497 e. The number of aromatic nitrogens is 4. The van der Waals surface area contributed by atoms with Crippen LogP contribution >= 0.6 is 11.3 Å². The van der Waals surface area contributed by atoms with E-state index in [2.05, 4.69) is 25.5 Å². The molecule has 8 heteroatoms. The first-order valence-electron chi connectivity index (χ1n) is 6.46. The van der Waals surface area contributed by atoms with Crippen LogP contribution in [0.15, 0.2) is 30.5 Å². The average Bonchev–Trinajstić information content (AvgIpc) is 3.16. The number of carbonyl (C=O) groups is 1. The molecule has 0 fully saturated rings. The summed E-state index contributed by atoms with van der Waals surface area (Å²) in [6.45, 7) is 2.02. The molecule has 0 unspecified atom stereocenters. The molecular formula is C14H13N5O2S. The van der Waals surface area contributed by atoms with Gasteiger partial charge in [-0.05, 0) is 25.1 Å². The van der Waals surface area contributed by atoms with Crippen molar-refractivity contribution in [1.29, 1.82) is 0 Å². The molecule has 0 aliphatic carbocycles. The fraction of sp³-hybridized carbons (Fsp3) is 0.143. The van der Waals surface area contributed by atoms with Crippen molar-refractivity contribution in [3.8, 4) is 16.5 Å². The Balaban J connectivity index is 1.75. The van der Waals surface area contributed by atoms with Gasteiger partial charge in [0.15, 0.2) is 5.82 Å². The lowest BCUT2D eigenvalue weighted by Crippen LogP contribution is -2.14. The van der Waals surface area contributed by atoms with Crippen LogP contribution in [0.2, 0.25) is 0 Å². The van der Waals surface area contributed by atoms with Gasteiger partial charge in [-0.1, -0.05) is 0 Å². The van der Waals surface area contributed by atoms with Gasteiger partial charge in [-0.15, -0.1) is 16.4 Å². The third-order valence-electron chi connectivity index (χ3n) is 2.88. The molecule has 0 atom stereocenters. The summed E-state index contributed by atoms with van der Waals surface area (Å²) in [5, 5.41) is 9.39. The van der Waals surface area contributed by atoms with Gasteiger partial charge in [-0.25, -0.2) is 0 Å². The van der Waals surface area contributed by atoms with E-state index in [1.54, 1.807) is 23.5 Å². The van der Waals surface area contributed by atoms with E-state index >= 15 is 0 Å². The van der Waals surface area contributed by atoms with E-state index in [1.807, 2.05) is 19.1 Å². The van der Waals surface area contributed by atoms with Crippen molar-refractivity contribution in [2.24, 2.45) is 0 Å². The number of methoxy groups -OCH3 is 1. The smallest absolute Gasteiger partial charge is 0.276 e. The van der Waals surface area contributed by atoms with Gasteiger partial charge in [-0.3, -0.25) is 20.2 Å². The maximum absolute atomic E-state index is 12.1. The second kappa shape index (κ2) is 5.94. The molecule has 0 spiro atoms. The Morgan fingerprint density at radius 1 is 1.36 bits per heavy atom. The molecule has 0 aliphatic heterocycles. The number of ether oxygens (including phenoxy) is 1. The largest absolute Gasteiger partial charge is 0.497 e. The molecule has 3 heterocycles.